The predicted octanol–water partition coefficient (Wildman–Crippen LogP) is 9.96. The second kappa shape index (κ2) is 69.9. The summed E-state index contributed by atoms with van der Waals surface area (Å²) in [5, 5.41) is 0. The largest absolute Gasteiger partial charge is 0.344 e. The molecule has 0 spiro atoms. The van der Waals surface area contributed by atoms with Crippen molar-refractivity contribution in [3.05, 3.63) is 0 Å². The van der Waals surface area contributed by atoms with E-state index >= 15 is 0 Å². The van der Waals surface area contributed by atoms with Crippen LogP contribution in [0.1, 0.15) is 95.4 Å². The first-order valence-corrected chi connectivity index (χ1v) is 15.0. The Balaban J connectivity index is -0.0000000222. The van der Waals surface area contributed by atoms with Crippen molar-refractivity contribution in [3.63, 3.8) is 0 Å². The zero-order chi connectivity index (χ0) is 21.7. The first kappa shape index (κ1) is 57.6. The Labute approximate surface area is 246 Å². The van der Waals surface area contributed by atoms with Crippen LogP contribution >= 0.6 is 113 Å². The average molecular weight is 972 g/mol. The first-order chi connectivity index (χ1) is 11.5. The Morgan fingerprint density at radius 3 is 0.964 bits per heavy atom. The summed E-state index contributed by atoms with van der Waals surface area (Å²) in [6, 6.07) is 0. The van der Waals surface area contributed by atoms with Crippen molar-refractivity contribution >= 4 is 125 Å². The molecule has 0 aliphatic heterocycles. The van der Waals surface area contributed by atoms with Gasteiger partial charge in [0, 0.05) is 12.8 Å². The van der Waals surface area contributed by atoms with Crippen LogP contribution in [0.5, 0.6) is 0 Å². The number of Topliss-reactive ketones (excluding diaryl/α,β-unsaturated/α-hetero) is 2. The van der Waals surface area contributed by atoms with Gasteiger partial charge in [-0.25, -0.2) is 0 Å². The third-order valence-electron chi connectivity index (χ3n) is 1.10. The van der Waals surface area contributed by atoms with Crippen LogP contribution in [0.3, 0.4) is 0 Å². The minimum atomic E-state index is 0. The molecule has 0 heterocycles. The van der Waals surface area contributed by atoms with Gasteiger partial charge in [0.25, 0.3) is 0 Å². The standard InChI is InChI=1S/C5H10O.C4H9NO.2C3H8.CHI3.CH2I2.2CH4.H3N/c1-3-4-5(2)6;1-4(6)2-3-5;2*1-3-2;2-1(3)4;2-1-3;;;/h3-4H2,1-2H3;2-3,5H2,1H3;2*3H2,1-2H3;1H;1H2;2*1H4;1H3. The molecule has 28 heavy (non-hydrogen) atoms. The van der Waals surface area contributed by atoms with E-state index in [0.717, 1.165) is 12.8 Å². The zero-order valence-electron chi connectivity index (χ0n) is 17.5. The third-order valence-corrected chi connectivity index (χ3v) is 1.10. The summed E-state index contributed by atoms with van der Waals surface area (Å²) in [6.45, 7) is 14.1. The first-order valence-electron chi connectivity index (χ1n) is 8.25. The highest BCUT2D eigenvalue weighted by atomic mass is 127. The van der Waals surface area contributed by atoms with E-state index in [9.17, 15) is 9.59 Å². The molecule has 0 fully saturated rings. The molecule has 182 valence electrons. The Hall–Kier alpha value is 2.91. The number of nitrogens with two attached hydrogens (primary N) is 1. The zero-order valence-corrected chi connectivity index (χ0v) is 28.3. The van der Waals surface area contributed by atoms with Crippen LogP contribution < -0.4 is 11.9 Å². The van der Waals surface area contributed by atoms with E-state index in [1.165, 1.54) is 22.2 Å². The number of carbonyl (C=O) groups is 2. The minimum absolute atomic E-state index is 0. The minimum Gasteiger partial charge on any atom is -0.344 e. The highest BCUT2D eigenvalue weighted by Gasteiger charge is 1.84. The Morgan fingerprint density at radius 1 is 0.786 bits per heavy atom. The number of carbonyl (C=O) groups excluding carboxylic acids is 2. The van der Waals surface area contributed by atoms with Crippen molar-refractivity contribution in [2.24, 2.45) is 5.73 Å². The van der Waals surface area contributed by atoms with Gasteiger partial charge >= 0.3 is 0 Å². The molecule has 0 aromatic heterocycles. The topological polar surface area (TPSA) is 95.2 Å². The lowest BCUT2D eigenvalue weighted by Gasteiger charge is -1.81. The van der Waals surface area contributed by atoms with Crippen molar-refractivity contribution in [1.29, 1.82) is 0 Å². The SMILES string of the molecule is C.C.CC(=O)CCN.CCC.CCC.CCCC(C)=O.IC(I)I.ICI.N. The summed E-state index contributed by atoms with van der Waals surface area (Å²) in [5.74, 6) is 0.454. The van der Waals surface area contributed by atoms with Crippen LogP contribution in [0.15, 0.2) is 0 Å². The average Bonchev–Trinajstić information content (AvgIpc) is 2.40. The normalized spacial score (nSPS) is 6.79. The fourth-order valence-electron chi connectivity index (χ4n) is 0.555. The molecule has 0 radical (unpaired) electrons. The summed E-state index contributed by atoms with van der Waals surface area (Å²) >= 11 is 11.5. The van der Waals surface area contributed by atoms with Gasteiger partial charge in [0.2, 0.25) is 0 Å². The van der Waals surface area contributed by atoms with Crippen molar-refractivity contribution in [3.8, 4) is 0 Å². The van der Waals surface area contributed by atoms with Crippen molar-refractivity contribution in [1.82, 2.24) is 6.15 Å². The predicted molar refractivity (Wildman–Crippen MR) is 179 cm³/mol. The van der Waals surface area contributed by atoms with Gasteiger partial charge < -0.3 is 16.7 Å². The Bertz CT molecular complexity index is 201. The maximum Gasteiger partial charge on any atom is 0.131 e. The van der Waals surface area contributed by atoms with Gasteiger partial charge in [-0.3, -0.25) is 4.79 Å². The third kappa shape index (κ3) is 284. The lowest BCUT2D eigenvalue weighted by Crippen LogP contribution is -2.03. The molecule has 0 aromatic carbocycles. The van der Waals surface area contributed by atoms with Crippen molar-refractivity contribution in [2.75, 3.05) is 8.98 Å². The Morgan fingerprint density at radius 2 is 0.964 bits per heavy atom. The summed E-state index contributed by atoms with van der Waals surface area (Å²) in [6.07, 6.45) is 4.73. The highest BCUT2D eigenvalue weighted by molar-refractivity contribution is 14.3. The number of rotatable bonds is 4. The molecule has 0 unspecified atom stereocenters. The van der Waals surface area contributed by atoms with Gasteiger partial charge in [-0.2, -0.15) is 0 Å². The molecule has 0 atom stereocenters. The summed E-state index contributed by atoms with van der Waals surface area (Å²) in [7, 11) is 0. The van der Waals surface area contributed by atoms with Gasteiger partial charge in [0.15, 0.2) is 0 Å². The van der Waals surface area contributed by atoms with Crippen LogP contribution in [-0.2, 0) is 9.59 Å². The van der Waals surface area contributed by atoms with E-state index in [2.05, 4.69) is 141 Å². The molecule has 9 heteroatoms. The lowest BCUT2D eigenvalue weighted by molar-refractivity contribution is -0.117. The lowest BCUT2D eigenvalue weighted by atomic mass is 10.3. The molecular weight excluding hydrogens is 923 g/mol. The molecule has 0 amide bonds. The quantitative estimate of drug-likeness (QED) is 0.217. The van der Waals surface area contributed by atoms with E-state index in [1.54, 1.807) is 6.92 Å². The van der Waals surface area contributed by atoms with Gasteiger partial charge in [0.1, 0.15) is 11.5 Å². The number of halogens is 5. The van der Waals surface area contributed by atoms with Crippen molar-refractivity contribution in [2.45, 2.75) is 95.4 Å². The van der Waals surface area contributed by atoms with E-state index < -0.39 is 0 Å². The van der Waals surface area contributed by atoms with E-state index in [0.29, 0.717) is 13.0 Å². The number of hydrogen-bond acceptors (Lipinski definition) is 4. The van der Waals surface area contributed by atoms with Crippen molar-refractivity contribution < 1.29 is 9.59 Å². The smallest absolute Gasteiger partial charge is 0.131 e. The molecule has 5 N–H and O–H groups in total. The number of hydrogen-bond donors (Lipinski definition) is 2. The molecule has 4 nitrogen and oxygen atoms in total. The molecular formula is C19H49I5N2O2. The second-order valence-electron chi connectivity index (χ2n) is 4.46. The van der Waals surface area contributed by atoms with E-state index in [4.69, 9.17) is 5.73 Å². The molecule has 0 aliphatic carbocycles. The molecule has 0 rings (SSSR count). The number of alkyl halides is 5. The second-order valence-corrected chi connectivity index (χ2v) is 19.8. The van der Waals surface area contributed by atoms with Crippen LogP contribution in [0.25, 0.3) is 0 Å². The molecule has 0 bridgehead atoms. The molecule has 0 aromatic rings. The summed E-state index contributed by atoms with van der Waals surface area (Å²) < 4.78 is 1.93. The van der Waals surface area contributed by atoms with Gasteiger partial charge in [-0.05, 0) is 26.8 Å². The van der Waals surface area contributed by atoms with Crippen LogP contribution in [-0.4, -0.2) is 20.5 Å². The molecule has 0 saturated heterocycles. The van der Waals surface area contributed by atoms with Gasteiger partial charge in [0.05, 0.1) is 2.43 Å². The fourth-order valence-corrected chi connectivity index (χ4v) is 0.555. The molecule has 0 aliphatic rings. The Kier molecular flexibility index (Phi) is 144. The van der Waals surface area contributed by atoms with Crippen LogP contribution in [0.4, 0.5) is 0 Å². The maximum atomic E-state index is 10.0. The monoisotopic (exact) mass is 972 g/mol. The van der Waals surface area contributed by atoms with E-state index in [-0.39, 0.29) is 32.6 Å². The fraction of sp³-hybridized carbons (Fsp3) is 0.895. The van der Waals surface area contributed by atoms with E-state index in [1.807, 2.05) is 6.92 Å². The summed E-state index contributed by atoms with van der Waals surface area (Å²) in [4.78, 5) is 20.0. The van der Waals surface area contributed by atoms with Crippen LogP contribution in [0.2, 0.25) is 0 Å². The van der Waals surface area contributed by atoms with Gasteiger partial charge in [-0.15, -0.1) is 0 Å². The maximum absolute atomic E-state index is 10.0. The molecule has 0 saturated carbocycles. The van der Waals surface area contributed by atoms with Gasteiger partial charge in [-0.1, -0.05) is 175 Å². The summed E-state index contributed by atoms with van der Waals surface area (Å²) in [5.41, 5.74) is 5.01. The van der Waals surface area contributed by atoms with Crippen LogP contribution in [0, 0.1) is 0 Å². The number of ketones is 2. The highest BCUT2D eigenvalue weighted by Crippen LogP contribution is 2.16.